The van der Waals surface area contributed by atoms with Crippen molar-refractivity contribution in [2.75, 3.05) is 30.2 Å². The molecule has 2 aliphatic rings. The van der Waals surface area contributed by atoms with Crippen molar-refractivity contribution in [1.29, 1.82) is 0 Å². The summed E-state index contributed by atoms with van der Waals surface area (Å²) in [6.07, 6.45) is 0. The molecule has 18 heavy (non-hydrogen) atoms. The second-order valence-corrected chi connectivity index (χ2v) is 4.30. The zero-order valence-electron chi connectivity index (χ0n) is 9.97. The number of rotatable bonds is 2. The van der Waals surface area contributed by atoms with Gasteiger partial charge in [-0.25, -0.2) is 0 Å². The monoisotopic (exact) mass is 250 g/mol. The Hall–Kier alpha value is -1.95. The van der Waals surface area contributed by atoms with E-state index in [2.05, 4.69) is 5.32 Å². The molecule has 0 saturated heterocycles. The summed E-state index contributed by atoms with van der Waals surface area (Å²) in [5, 5.41) is 12.2. The summed E-state index contributed by atoms with van der Waals surface area (Å²) < 4.78 is 10.6. The van der Waals surface area contributed by atoms with Gasteiger partial charge >= 0.3 is 0 Å². The number of nitrogens with zero attached hydrogens (tertiary/aromatic N) is 1. The van der Waals surface area contributed by atoms with Crippen molar-refractivity contribution in [1.82, 2.24) is 0 Å². The summed E-state index contributed by atoms with van der Waals surface area (Å²) in [4.78, 5) is 13.6. The van der Waals surface area contributed by atoms with Gasteiger partial charge in [-0.3, -0.25) is 4.79 Å². The summed E-state index contributed by atoms with van der Waals surface area (Å²) in [6.45, 7) is 2.19. The Morgan fingerprint density at radius 1 is 1.44 bits per heavy atom. The van der Waals surface area contributed by atoms with Gasteiger partial charge in [-0.15, -0.1) is 0 Å². The Labute approximate surface area is 104 Å². The number of hydrogen-bond donors (Lipinski definition) is 2. The van der Waals surface area contributed by atoms with E-state index in [4.69, 9.17) is 14.6 Å². The average molecular weight is 250 g/mol. The third kappa shape index (κ3) is 1.57. The molecule has 0 aliphatic carbocycles. The quantitative estimate of drug-likeness (QED) is 0.802. The number of carbonyl (C=O) groups excluding carboxylic acids is 1. The lowest BCUT2D eigenvalue weighted by Crippen LogP contribution is -2.46. The molecule has 3 rings (SSSR count). The van der Waals surface area contributed by atoms with Crippen LogP contribution < -0.4 is 19.7 Å². The summed E-state index contributed by atoms with van der Waals surface area (Å²) in [7, 11) is 0. The number of nitrogens with one attached hydrogen (secondary N) is 1. The predicted molar refractivity (Wildman–Crippen MR) is 65.1 cm³/mol. The number of ether oxygens (including phenoxy) is 2. The van der Waals surface area contributed by atoms with Crippen LogP contribution in [0.25, 0.3) is 0 Å². The lowest BCUT2D eigenvalue weighted by Gasteiger charge is -2.33. The van der Waals surface area contributed by atoms with Gasteiger partial charge in [0.15, 0.2) is 11.5 Å². The molecule has 1 aromatic carbocycles. The zero-order valence-corrected chi connectivity index (χ0v) is 9.97. The van der Waals surface area contributed by atoms with E-state index < -0.39 is 0 Å². The van der Waals surface area contributed by atoms with Crippen LogP contribution in [0.15, 0.2) is 12.1 Å². The van der Waals surface area contributed by atoms with Crippen LogP contribution in [0, 0.1) is 0 Å². The molecule has 0 aromatic heterocycles. The zero-order chi connectivity index (χ0) is 12.7. The molecule has 0 bridgehead atoms. The van der Waals surface area contributed by atoms with Gasteiger partial charge in [-0.05, 0) is 6.92 Å². The maximum absolute atomic E-state index is 12.1. The van der Waals surface area contributed by atoms with Gasteiger partial charge in [0, 0.05) is 18.7 Å². The molecule has 0 saturated carbocycles. The fourth-order valence-electron chi connectivity index (χ4n) is 2.25. The molecule has 1 atom stereocenters. The Balaban J connectivity index is 2.07. The second-order valence-electron chi connectivity index (χ2n) is 4.30. The Bertz CT molecular complexity index is 503. The molecule has 2 aliphatic heterocycles. The topological polar surface area (TPSA) is 71.0 Å². The molecule has 6 heteroatoms. The molecule has 1 amide bonds. The molecular weight excluding hydrogens is 236 g/mol. The first kappa shape index (κ1) is 11.2. The number of hydrogen-bond acceptors (Lipinski definition) is 5. The molecule has 1 aromatic rings. The highest BCUT2D eigenvalue weighted by atomic mass is 16.7. The fourth-order valence-corrected chi connectivity index (χ4v) is 2.25. The Morgan fingerprint density at radius 2 is 2.17 bits per heavy atom. The standard InChI is InChI=1S/C12H14N2O4/c1-7-12(16)14(2-3-15)9-5-11-10(17-6-18-11)4-8(9)13-7/h4-5,7,13,15H,2-3,6H2,1H3. The Kier molecular flexibility index (Phi) is 2.52. The van der Waals surface area contributed by atoms with Crippen LogP contribution >= 0.6 is 0 Å². The highest BCUT2D eigenvalue weighted by Crippen LogP contribution is 2.43. The van der Waals surface area contributed by atoms with E-state index in [9.17, 15) is 4.79 Å². The molecule has 0 fully saturated rings. The Morgan fingerprint density at radius 3 is 2.89 bits per heavy atom. The second kappa shape index (κ2) is 4.06. The van der Waals surface area contributed by atoms with Crippen molar-refractivity contribution in [2.45, 2.75) is 13.0 Å². The van der Waals surface area contributed by atoms with Gasteiger partial charge in [-0.2, -0.15) is 0 Å². The molecule has 0 radical (unpaired) electrons. The number of amides is 1. The van der Waals surface area contributed by atoms with Crippen LogP contribution in [0.2, 0.25) is 0 Å². The van der Waals surface area contributed by atoms with Gasteiger partial charge < -0.3 is 24.8 Å². The first-order valence-corrected chi connectivity index (χ1v) is 5.83. The van der Waals surface area contributed by atoms with Crippen molar-refractivity contribution >= 4 is 17.3 Å². The smallest absolute Gasteiger partial charge is 0.249 e. The molecule has 2 heterocycles. The molecule has 2 N–H and O–H groups in total. The van der Waals surface area contributed by atoms with Crippen molar-refractivity contribution in [3.05, 3.63) is 12.1 Å². The normalized spacial score (nSPS) is 20.7. The average Bonchev–Trinajstić information content (AvgIpc) is 2.80. The number of β-amino-alcohol motifs (C(OH)–C–C–N with tert-alkyl or cyclic N) is 1. The van der Waals surface area contributed by atoms with Crippen LogP contribution in [0.5, 0.6) is 11.5 Å². The molecule has 0 spiro atoms. The maximum atomic E-state index is 12.1. The number of benzene rings is 1. The number of aliphatic hydroxyl groups excluding tert-OH is 1. The van der Waals surface area contributed by atoms with E-state index in [1.807, 2.05) is 6.07 Å². The molecule has 1 unspecified atom stereocenters. The third-order valence-electron chi connectivity index (χ3n) is 3.11. The predicted octanol–water partition coefficient (Wildman–Crippen LogP) is 0.555. The third-order valence-corrected chi connectivity index (χ3v) is 3.11. The number of carbonyl (C=O) groups is 1. The number of fused-ring (bicyclic) bond motifs is 2. The van der Waals surface area contributed by atoms with Gasteiger partial charge in [0.05, 0.1) is 18.0 Å². The first-order chi connectivity index (χ1) is 8.70. The minimum Gasteiger partial charge on any atom is -0.454 e. The van der Waals surface area contributed by atoms with Gasteiger partial charge in [-0.1, -0.05) is 0 Å². The summed E-state index contributed by atoms with van der Waals surface area (Å²) in [5.41, 5.74) is 1.54. The number of anilines is 2. The van der Waals surface area contributed by atoms with Gasteiger partial charge in [0.25, 0.3) is 0 Å². The lowest BCUT2D eigenvalue weighted by atomic mass is 10.1. The molecule has 96 valence electrons. The highest BCUT2D eigenvalue weighted by Gasteiger charge is 2.31. The summed E-state index contributed by atoms with van der Waals surface area (Å²) in [5.74, 6) is 1.24. The fraction of sp³-hybridized carbons (Fsp3) is 0.417. The van der Waals surface area contributed by atoms with Crippen molar-refractivity contribution in [3.8, 4) is 11.5 Å². The lowest BCUT2D eigenvalue weighted by molar-refractivity contribution is -0.119. The molecule has 6 nitrogen and oxygen atoms in total. The minimum absolute atomic E-state index is 0.0598. The minimum atomic E-state index is -0.315. The first-order valence-electron chi connectivity index (χ1n) is 5.83. The van der Waals surface area contributed by atoms with Crippen molar-refractivity contribution < 1.29 is 19.4 Å². The van der Waals surface area contributed by atoms with Crippen LogP contribution in [0.3, 0.4) is 0 Å². The largest absolute Gasteiger partial charge is 0.454 e. The summed E-state index contributed by atoms with van der Waals surface area (Å²) in [6, 6.07) is 3.28. The van der Waals surface area contributed by atoms with E-state index in [-0.39, 0.29) is 31.9 Å². The van der Waals surface area contributed by atoms with E-state index in [1.165, 1.54) is 0 Å². The van der Waals surface area contributed by atoms with Crippen LogP contribution in [0.4, 0.5) is 11.4 Å². The van der Waals surface area contributed by atoms with E-state index >= 15 is 0 Å². The molecular formula is C12H14N2O4. The summed E-state index contributed by atoms with van der Waals surface area (Å²) >= 11 is 0. The van der Waals surface area contributed by atoms with E-state index in [0.717, 1.165) is 11.4 Å². The highest BCUT2D eigenvalue weighted by molar-refractivity contribution is 6.05. The van der Waals surface area contributed by atoms with Crippen LogP contribution in [-0.4, -0.2) is 37.0 Å². The van der Waals surface area contributed by atoms with E-state index in [0.29, 0.717) is 11.5 Å². The van der Waals surface area contributed by atoms with Crippen LogP contribution in [-0.2, 0) is 4.79 Å². The van der Waals surface area contributed by atoms with E-state index in [1.54, 1.807) is 17.9 Å². The van der Waals surface area contributed by atoms with Gasteiger partial charge in [0.2, 0.25) is 12.7 Å². The van der Waals surface area contributed by atoms with Crippen molar-refractivity contribution in [3.63, 3.8) is 0 Å². The maximum Gasteiger partial charge on any atom is 0.249 e. The number of aliphatic hydroxyl groups is 1. The van der Waals surface area contributed by atoms with Gasteiger partial charge in [0.1, 0.15) is 6.04 Å². The van der Waals surface area contributed by atoms with Crippen molar-refractivity contribution in [2.24, 2.45) is 0 Å². The SMILES string of the molecule is CC1Nc2cc3c(cc2N(CCO)C1=O)OCO3. The van der Waals surface area contributed by atoms with Crippen LogP contribution in [0.1, 0.15) is 6.92 Å².